The molecule has 0 aliphatic rings. The first-order valence-corrected chi connectivity index (χ1v) is 7.34. The van der Waals surface area contributed by atoms with Crippen molar-refractivity contribution in [1.82, 2.24) is 5.32 Å². The Bertz CT molecular complexity index is 371. The van der Waals surface area contributed by atoms with E-state index in [0.717, 1.165) is 55.5 Å². The summed E-state index contributed by atoms with van der Waals surface area (Å²) < 4.78 is 5.36. The topological polar surface area (TPSA) is 24.5 Å². The Balaban J connectivity index is 2.54. The van der Waals surface area contributed by atoms with Gasteiger partial charge in [-0.1, -0.05) is 24.6 Å². The number of rotatable bonds is 9. The highest BCUT2D eigenvalue weighted by molar-refractivity contribution is 6.31. The van der Waals surface area contributed by atoms with Crippen molar-refractivity contribution >= 4 is 17.3 Å². The van der Waals surface area contributed by atoms with E-state index in [1.165, 1.54) is 0 Å². The maximum absolute atomic E-state index is 6.32. The summed E-state index contributed by atoms with van der Waals surface area (Å²) >= 11 is 6.32. The molecule has 0 unspecified atom stereocenters. The normalized spacial score (nSPS) is 10.7. The predicted octanol–water partition coefficient (Wildman–Crippen LogP) is 3.31. The van der Waals surface area contributed by atoms with Gasteiger partial charge in [0.25, 0.3) is 0 Å². The van der Waals surface area contributed by atoms with Crippen molar-refractivity contribution in [2.24, 2.45) is 0 Å². The Morgan fingerprint density at radius 2 is 2.11 bits per heavy atom. The van der Waals surface area contributed by atoms with E-state index in [4.69, 9.17) is 16.3 Å². The first-order valence-electron chi connectivity index (χ1n) is 6.97. The zero-order valence-electron chi connectivity index (χ0n) is 12.2. The summed E-state index contributed by atoms with van der Waals surface area (Å²) in [6.45, 7) is 8.39. The van der Waals surface area contributed by atoms with Crippen LogP contribution in [0.15, 0.2) is 18.2 Å². The number of likely N-dealkylation sites (N-methyl/N-ethyl adjacent to an activating group) is 1. The van der Waals surface area contributed by atoms with Crippen molar-refractivity contribution in [2.45, 2.75) is 26.8 Å². The van der Waals surface area contributed by atoms with Gasteiger partial charge < -0.3 is 15.0 Å². The fraction of sp³-hybridized carbons (Fsp3) is 0.600. The van der Waals surface area contributed by atoms with Crippen LogP contribution in [0.2, 0.25) is 5.02 Å². The molecular formula is C15H25ClN2O. The molecule has 3 nitrogen and oxygen atoms in total. The van der Waals surface area contributed by atoms with Crippen molar-refractivity contribution in [1.29, 1.82) is 0 Å². The Hall–Kier alpha value is -0.770. The van der Waals surface area contributed by atoms with Crippen molar-refractivity contribution < 1.29 is 4.74 Å². The molecule has 1 aromatic carbocycles. The Morgan fingerprint density at radius 3 is 2.74 bits per heavy atom. The van der Waals surface area contributed by atoms with Gasteiger partial charge in [-0.15, -0.1) is 0 Å². The molecule has 0 amide bonds. The van der Waals surface area contributed by atoms with E-state index in [2.05, 4.69) is 36.3 Å². The highest BCUT2D eigenvalue weighted by Gasteiger charge is 2.05. The molecule has 0 spiro atoms. The zero-order valence-corrected chi connectivity index (χ0v) is 13.0. The third-order valence-electron chi connectivity index (χ3n) is 2.99. The largest absolute Gasteiger partial charge is 0.380 e. The van der Waals surface area contributed by atoms with Crippen molar-refractivity contribution in [3.8, 4) is 0 Å². The predicted molar refractivity (Wildman–Crippen MR) is 83.2 cm³/mol. The van der Waals surface area contributed by atoms with E-state index < -0.39 is 0 Å². The minimum absolute atomic E-state index is 0.741. The molecule has 0 heterocycles. The maximum atomic E-state index is 6.32. The molecule has 0 saturated carbocycles. The summed E-state index contributed by atoms with van der Waals surface area (Å²) in [5, 5.41) is 4.19. The molecule has 0 atom stereocenters. The van der Waals surface area contributed by atoms with Crippen molar-refractivity contribution in [2.75, 3.05) is 38.3 Å². The molecule has 0 fully saturated rings. The Kier molecular flexibility index (Phi) is 7.87. The fourth-order valence-corrected chi connectivity index (χ4v) is 2.03. The van der Waals surface area contributed by atoms with Gasteiger partial charge in [-0.25, -0.2) is 0 Å². The lowest BCUT2D eigenvalue weighted by Gasteiger charge is -2.20. The van der Waals surface area contributed by atoms with Crippen LogP contribution in [0.5, 0.6) is 0 Å². The van der Waals surface area contributed by atoms with Crippen LogP contribution in [0.25, 0.3) is 0 Å². The minimum Gasteiger partial charge on any atom is -0.380 e. The number of hydrogen-bond acceptors (Lipinski definition) is 3. The number of halogens is 1. The number of benzene rings is 1. The van der Waals surface area contributed by atoms with E-state index in [9.17, 15) is 0 Å². The lowest BCUT2D eigenvalue weighted by Crippen LogP contribution is -2.22. The van der Waals surface area contributed by atoms with E-state index in [-0.39, 0.29) is 0 Å². The molecule has 0 bridgehead atoms. The summed E-state index contributed by atoms with van der Waals surface area (Å²) in [4.78, 5) is 2.16. The summed E-state index contributed by atoms with van der Waals surface area (Å²) in [6, 6.07) is 6.23. The van der Waals surface area contributed by atoms with Gasteiger partial charge in [-0.3, -0.25) is 0 Å². The lowest BCUT2D eigenvalue weighted by atomic mass is 10.2. The average molecular weight is 285 g/mol. The highest BCUT2D eigenvalue weighted by Crippen LogP contribution is 2.23. The van der Waals surface area contributed by atoms with Crippen LogP contribution in [0.3, 0.4) is 0 Å². The van der Waals surface area contributed by atoms with Gasteiger partial charge in [0.05, 0.1) is 6.61 Å². The van der Waals surface area contributed by atoms with Crippen LogP contribution >= 0.6 is 11.6 Å². The van der Waals surface area contributed by atoms with Crippen LogP contribution in [-0.4, -0.2) is 33.4 Å². The van der Waals surface area contributed by atoms with E-state index in [1.807, 2.05) is 13.0 Å². The monoisotopic (exact) mass is 284 g/mol. The lowest BCUT2D eigenvalue weighted by molar-refractivity contribution is 0.154. The van der Waals surface area contributed by atoms with Crippen molar-refractivity contribution in [3.63, 3.8) is 0 Å². The van der Waals surface area contributed by atoms with Crippen LogP contribution in [-0.2, 0) is 11.3 Å². The number of nitrogens with zero attached hydrogens (tertiary/aromatic N) is 1. The van der Waals surface area contributed by atoms with E-state index in [1.54, 1.807) is 0 Å². The maximum Gasteiger partial charge on any atom is 0.0641 e. The summed E-state index contributed by atoms with van der Waals surface area (Å²) in [7, 11) is 2.06. The molecule has 1 aromatic rings. The molecule has 0 radical (unpaired) electrons. The number of anilines is 1. The number of ether oxygens (including phenoxy) is 1. The van der Waals surface area contributed by atoms with Crippen LogP contribution < -0.4 is 10.2 Å². The SMILES string of the molecule is CCCNCc1ccc(N(C)CCOCC)cc1Cl. The summed E-state index contributed by atoms with van der Waals surface area (Å²) in [6.07, 6.45) is 1.13. The molecule has 0 aromatic heterocycles. The summed E-state index contributed by atoms with van der Waals surface area (Å²) in [5.41, 5.74) is 2.28. The highest BCUT2D eigenvalue weighted by atomic mass is 35.5. The molecule has 0 saturated heterocycles. The second kappa shape index (κ2) is 9.18. The number of hydrogen-bond donors (Lipinski definition) is 1. The second-order valence-electron chi connectivity index (χ2n) is 4.57. The van der Waals surface area contributed by atoms with Crippen LogP contribution in [0.4, 0.5) is 5.69 Å². The van der Waals surface area contributed by atoms with Gasteiger partial charge in [-0.2, -0.15) is 0 Å². The van der Waals surface area contributed by atoms with Gasteiger partial charge in [0, 0.05) is 37.5 Å². The molecule has 4 heteroatoms. The van der Waals surface area contributed by atoms with Gasteiger partial charge in [0.2, 0.25) is 0 Å². The number of nitrogens with one attached hydrogen (secondary N) is 1. The van der Waals surface area contributed by atoms with Gasteiger partial charge >= 0.3 is 0 Å². The Morgan fingerprint density at radius 1 is 1.32 bits per heavy atom. The first-order chi connectivity index (χ1) is 9.19. The summed E-state index contributed by atoms with van der Waals surface area (Å²) in [5.74, 6) is 0. The third-order valence-corrected chi connectivity index (χ3v) is 3.35. The molecule has 0 aliphatic carbocycles. The third kappa shape index (κ3) is 5.81. The molecular weight excluding hydrogens is 260 g/mol. The van der Waals surface area contributed by atoms with Crippen LogP contribution in [0.1, 0.15) is 25.8 Å². The Labute approximate surface area is 121 Å². The average Bonchev–Trinajstić information content (AvgIpc) is 2.41. The zero-order chi connectivity index (χ0) is 14.1. The van der Waals surface area contributed by atoms with E-state index >= 15 is 0 Å². The standard InChI is InChI=1S/C15H25ClN2O/c1-4-8-17-12-13-6-7-14(11-15(13)16)18(3)9-10-19-5-2/h6-7,11,17H,4-5,8-10,12H2,1-3H3. The fourth-order valence-electron chi connectivity index (χ4n) is 1.79. The molecule has 108 valence electrons. The molecule has 1 rings (SSSR count). The molecule has 1 N–H and O–H groups in total. The quantitative estimate of drug-likeness (QED) is 0.704. The smallest absolute Gasteiger partial charge is 0.0641 e. The van der Waals surface area contributed by atoms with E-state index in [0.29, 0.717) is 0 Å². The second-order valence-corrected chi connectivity index (χ2v) is 4.98. The molecule has 0 aliphatic heterocycles. The van der Waals surface area contributed by atoms with Gasteiger partial charge in [0.1, 0.15) is 0 Å². The van der Waals surface area contributed by atoms with Crippen LogP contribution in [0, 0.1) is 0 Å². The van der Waals surface area contributed by atoms with Gasteiger partial charge in [-0.05, 0) is 37.6 Å². The minimum atomic E-state index is 0.741. The first kappa shape index (κ1) is 16.3. The van der Waals surface area contributed by atoms with Gasteiger partial charge in [0.15, 0.2) is 0 Å². The molecule has 19 heavy (non-hydrogen) atoms. The van der Waals surface area contributed by atoms with Crippen molar-refractivity contribution in [3.05, 3.63) is 28.8 Å².